The molecule has 2 aromatic rings. The fraction of sp³-hybridized carbons (Fsp3) is 0.0588. The number of halogens is 1. The molecule has 0 bridgehead atoms. The van der Waals surface area contributed by atoms with Crippen molar-refractivity contribution >= 4 is 18.0 Å². The maximum absolute atomic E-state index is 13.2. The molecule has 0 amide bonds. The van der Waals surface area contributed by atoms with Crippen molar-refractivity contribution in [1.82, 2.24) is 5.32 Å². The van der Waals surface area contributed by atoms with Crippen molar-refractivity contribution in [1.29, 1.82) is 0 Å². The number of hydrogen-bond donors (Lipinski definition) is 2. The average molecular weight is 299 g/mol. The molecule has 2 N–H and O–H groups in total. The van der Waals surface area contributed by atoms with Crippen LogP contribution in [0.1, 0.15) is 31.8 Å². The van der Waals surface area contributed by atoms with Crippen LogP contribution < -0.4 is 5.32 Å². The first-order chi connectivity index (χ1) is 10.5. The molecule has 0 unspecified atom stereocenters. The summed E-state index contributed by atoms with van der Waals surface area (Å²) in [5.74, 6) is -1.83. The molecule has 0 aromatic heterocycles. The summed E-state index contributed by atoms with van der Waals surface area (Å²) in [6, 6.07) is 10.5. The predicted octanol–water partition coefficient (Wildman–Crippen LogP) is 3.10. The van der Waals surface area contributed by atoms with Gasteiger partial charge in [0.2, 0.25) is 0 Å². The first kappa shape index (κ1) is 15.4. The molecule has 2 rings (SSSR count). The minimum atomic E-state index is -1.22. The van der Waals surface area contributed by atoms with E-state index in [2.05, 4.69) is 11.9 Å². The molecule has 0 saturated carbocycles. The van der Waals surface area contributed by atoms with E-state index in [-0.39, 0.29) is 5.56 Å². The zero-order valence-electron chi connectivity index (χ0n) is 11.7. The molecule has 0 aliphatic rings. The SMILES string of the molecule is C=C(NCc1ccc(C=O)cc1)c1ccc(F)cc1C(=O)O. The molecule has 0 heterocycles. The molecule has 0 aliphatic carbocycles. The summed E-state index contributed by atoms with van der Waals surface area (Å²) in [4.78, 5) is 21.7. The minimum Gasteiger partial charge on any atom is -0.478 e. The Balaban J connectivity index is 2.12. The lowest BCUT2D eigenvalue weighted by molar-refractivity contribution is 0.0695. The van der Waals surface area contributed by atoms with Gasteiger partial charge in [-0.15, -0.1) is 0 Å². The highest BCUT2D eigenvalue weighted by Gasteiger charge is 2.13. The summed E-state index contributed by atoms with van der Waals surface area (Å²) >= 11 is 0. The zero-order valence-corrected chi connectivity index (χ0v) is 11.7. The number of nitrogens with one attached hydrogen (secondary N) is 1. The summed E-state index contributed by atoms with van der Waals surface area (Å²) in [7, 11) is 0. The first-order valence-electron chi connectivity index (χ1n) is 6.51. The van der Waals surface area contributed by atoms with Crippen LogP contribution in [0.25, 0.3) is 5.70 Å². The van der Waals surface area contributed by atoms with Gasteiger partial charge in [-0.05, 0) is 23.8 Å². The van der Waals surface area contributed by atoms with Gasteiger partial charge in [-0.2, -0.15) is 0 Å². The van der Waals surface area contributed by atoms with Crippen LogP contribution in [0.2, 0.25) is 0 Å². The average Bonchev–Trinajstić information content (AvgIpc) is 2.53. The highest BCUT2D eigenvalue weighted by atomic mass is 19.1. The van der Waals surface area contributed by atoms with Gasteiger partial charge < -0.3 is 10.4 Å². The van der Waals surface area contributed by atoms with Crippen LogP contribution in [-0.4, -0.2) is 17.4 Å². The third kappa shape index (κ3) is 3.58. The van der Waals surface area contributed by atoms with E-state index >= 15 is 0 Å². The van der Waals surface area contributed by atoms with Crippen LogP contribution in [0, 0.1) is 5.82 Å². The fourth-order valence-electron chi connectivity index (χ4n) is 1.97. The van der Waals surface area contributed by atoms with Gasteiger partial charge in [0.15, 0.2) is 0 Å². The summed E-state index contributed by atoms with van der Waals surface area (Å²) in [6.45, 7) is 4.20. The molecule has 0 saturated heterocycles. The lowest BCUT2D eigenvalue weighted by Crippen LogP contribution is -2.14. The molecule has 5 heteroatoms. The lowest BCUT2D eigenvalue weighted by atomic mass is 10.0. The normalized spacial score (nSPS) is 10.0. The van der Waals surface area contributed by atoms with Gasteiger partial charge in [0.05, 0.1) is 5.56 Å². The molecule has 2 aromatic carbocycles. The van der Waals surface area contributed by atoms with E-state index < -0.39 is 11.8 Å². The van der Waals surface area contributed by atoms with E-state index in [0.29, 0.717) is 23.4 Å². The van der Waals surface area contributed by atoms with Crippen LogP contribution in [0.5, 0.6) is 0 Å². The highest BCUT2D eigenvalue weighted by molar-refractivity contribution is 5.93. The van der Waals surface area contributed by atoms with Gasteiger partial charge in [-0.1, -0.05) is 30.8 Å². The molecular formula is C17H14FNO3. The summed E-state index contributed by atoms with van der Waals surface area (Å²) < 4.78 is 13.2. The van der Waals surface area contributed by atoms with Crippen LogP contribution in [0.15, 0.2) is 49.0 Å². The Bertz CT molecular complexity index is 723. The van der Waals surface area contributed by atoms with Crippen LogP contribution in [-0.2, 0) is 6.54 Å². The molecule has 22 heavy (non-hydrogen) atoms. The maximum Gasteiger partial charge on any atom is 0.336 e. The van der Waals surface area contributed by atoms with Crippen molar-refractivity contribution in [2.45, 2.75) is 6.54 Å². The lowest BCUT2D eigenvalue weighted by Gasteiger charge is -2.12. The van der Waals surface area contributed by atoms with E-state index in [0.717, 1.165) is 17.9 Å². The Hall–Kier alpha value is -2.95. The second-order valence-electron chi connectivity index (χ2n) is 4.69. The monoisotopic (exact) mass is 299 g/mol. The third-order valence-electron chi connectivity index (χ3n) is 3.16. The summed E-state index contributed by atoms with van der Waals surface area (Å²) in [5, 5.41) is 12.1. The van der Waals surface area contributed by atoms with Crippen molar-refractivity contribution in [3.05, 3.63) is 77.1 Å². The van der Waals surface area contributed by atoms with Crippen LogP contribution in [0.4, 0.5) is 4.39 Å². The van der Waals surface area contributed by atoms with E-state index in [1.807, 2.05) is 0 Å². The molecule has 0 aliphatic heterocycles. The molecular weight excluding hydrogens is 285 g/mol. The predicted molar refractivity (Wildman–Crippen MR) is 81.1 cm³/mol. The van der Waals surface area contributed by atoms with Crippen molar-refractivity contribution in [2.24, 2.45) is 0 Å². The Kier molecular flexibility index (Phi) is 4.68. The van der Waals surface area contributed by atoms with Crippen molar-refractivity contribution in [3.63, 3.8) is 0 Å². The number of hydrogen-bond acceptors (Lipinski definition) is 3. The van der Waals surface area contributed by atoms with Crippen molar-refractivity contribution in [2.75, 3.05) is 0 Å². The molecule has 4 nitrogen and oxygen atoms in total. The number of carbonyl (C=O) groups excluding carboxylic acids is 1. The number of carboxylic acid groups (broad SMARTS) is 1. The summed E-state index contributed by atoms with van der Waals surface area (Å²) in [6.07, 6.45) is 0.758. The summed E-state index contributed by atoms with van der Waals surface area (Å²) in [5.41, 5.74) is 2.06. The van der Waals surface area contributed by atoms with Crippen LogP contribution >= 0.6 is 0 Å². The maximum atomic E-state index is 13.2. The van der Waals surface area contributed by atoms with E-state index in [1.54, 1.807) is 24.3 Å². The number of carbonyl (C=O) groups is 2. The number of aldehydes is 1. The number of aromatic carboxylic acids is 1. The van der Waals surface area contributed by atoms with Gasteiger partial charge in [0.25, 0.3) is 0 Å². The molecule has 0 fully saturated rings. The van der Waals surface area contributed by atoms with Crippen LogP contribution in [0.3, 0.4) is 0 Å². The number of rotatable bonds is 6. The highest BCUT2D eigenvalue weighted by Crippen LogP contribution is 2.18. The fourth-order valence-corrected chi connectivity index (χ4v) is 1.97. The van der Waals surface area contributed by atoms with Crippen molar-refractivity contribution < 1.29 is 19.1 Å². The standard InChI is InChI=1S/C17H14FNO3/c1-11(15-7-6-14(18)8-16(15)17(21)22)19-9-12-2-4-13(10-20)5-3-12/h2-8,10,19H,1,9H2,(H,21,22). The third-order valence-corrected chi connectivity index (χ3v) is 3.16. The van der Waals surface area contributed by atoms with E-state index in [9.17, 15) is 14.0 Å². The Morgan fingerprint density at radius 1 is 1.18 bits per heavy atom. The van der Waals surface area contributed by atoms with Crippen molar-refractivity contribution in [3.8, 4) is 0 Å². The van der Waals surface area contributed by atoms with Gasteiger partial charge in [-0.3, -0.25) is 4.79 Å². The van der Waals surface area contributed by atoms with E-state index in [1.165, 1.54) is 12.1 Å². The Labute approximate surface area is 126 Å². The molecule has 112 valence electrons. The number of benzene rings is 2. The van der Waals surface area contributed by atoms with Gasteiger partial charge in [-0.25, -0.2) is 9.18 Å². The van der Waals surface area contributed by atoms with Gasteiger partial charge in [0, 0.05) is 23.4 Å². The quantitative estimate of drug-likeness (QED) is 0.804. The molecule has 0 radical (unpaired) electrons. The van der Waals surface area contributed by atoms with Gasteiger partial charge >= 0.3 is 5.97 Å². The molecule has 0 spiro atoms. The minimum absolute atomic E-state index is 0.145. The largest absolute Gasteiger partial charge is 0.478 e. The second-order valence-corrected chi connectivity index (χ2v) is 4.69. The van der Waals surface area contributed by atoms with E-state index in [4.69, 9.17) is 5.11 Å². The van der Waals surface area contributed by atoms with Gasteiger partial charge in [0.1, 0.15) is 12.1 Å². The zero-order chi connectivity index (χ0) is 16.1. The Morgan fingerprint density at radius 3 is 2.45 bits per heavy atom. The molecule has 0 atom stereocenters. The first-order valence-corrected chi connectivity index (χ1v) is 6.51. The Morgan fingerprint density at radius 2 is 1.86 bits per heavy atom. The smallest absolute Gasteiger partial charge is 0.336 e. The second kappa shape index (κ2) is 6.67. The number of carboxylic acids is 1. The topological polar surface area (TPSA) is 66.4 Å².